The van der Waals surface area contributed by atoms with Crippen LogP contribution in [0.2, 0.25) is 0 Å². The van der Waals surface area contributed by atoms with Gasteiger partial charge < -0.3 is 18.9 Å². The number of phosphoric ester groups is 1. The molecule has 92 heavy (non-hydrogen) atoms. The lowest BCUT2D eigenvalue weighted by atomic mass is 10.0. The summed E-state index contributed by atoms with van der Waals surface area (Å²) in [6.45, 7) is 4.20. The molecule has 2 atom stereocenters. The second kappa shape index (κ2) is 70.9. The number of ether oxygens (including phenoxy) is 2. The molecule has 0 rings (SSSR count). The molecule has 2 unspecified atom stereocenters. The molecule has 0 aromatic carbocycles. The number of nitrogens with zero attached hydrogens (tertiary/aromatic N) is 1. The van der Waals surface area contributed by atoms with E-state index in [1.54, 1.807) is 0 Å². The molecule has 0 aromatic rings. The number of allylic oxidation sites excluding steroid dienone is 26. The molecule has 0 radical (unpaired) electrons. The molecule has 0 aliphatic carbocycles. The van der Waals surface area contributed by atoms with Gasteiger partial charge in [0, 0.05) is 12.8 Å². The highest BCUT2D eigenvalue weighted by Crippen LogP contribution is 2.43. The fourth-order valence-corrected chi connectivity index (χ4v) is 10.7. The molecule has 0 heterocycles. The Morgan fingerprint density at radius 2 is 0.587 bits per heavy atom. The van der Waals surface area contributed by atoms with Crippen molar-refractivity contribution in [3.05, 3.63) is 158 Å². The Hall–Kier alpha value is -4.37. The van der Waals surface area contributed by atoms with Crippen LogP contribution in [0.1, 0.15) is 296 Å². The topological polar surface area (TPSA) is 108 Å². The van der Waals surface area contributed by atoms with Crippen molar-refractivity contribution in [2.75, 3.05) is 47.5 Å². The van der Waals surface area contributed by atoms with E-state index < -0.39 is 26.5 Å². The molecule has 0 aliphatic heterocycles. The van der Waals surface area contributed by atoms with Crippen molar-refractivity contribution in [1.82, 2.24) is 0 Å². The third kappa shape index (κ3) is 74.7. The van der Waals surface area contributed by atoms with E-state index >= 15 is 0 Å². The lowest BCUT2D eigenvalue weighted by Crippen LogP contribution is -2.37. The standard InChI is InChI=1S/C82H138NO8P/c1-6-8-10-12-14-16-18-20-22-24-26-28-30-32-34-36-37-38-39-40-41-42-43-44-45-47-48-50-52-54-56-58-60-62-64-66-68-70-72-74-81(84)88-78-80(79-90-92(86,87)89-77-76-83(3,4)5)91-82(85)75-73-71-69-67-65-63-61-59-57-55-53-51-49-46-35-33-31-29-27-25-23-21-19-17-15-13-11-9-7-2/h8-11,14-17,20-23,26-29,32-35,37-38,49,51,55,57,80H,6-7,12-13,18-19,24-25,30-31,36,39-48,50,52-54,56,58-79H2,1-5H3/p+1/b10-8-,11-9-,16-14-,17-15-,22-20-,23-21-,28-26-,29-27-,34-32-,35-33-,38-37-,51-49-,57-55-. The Morgan fingerprint density at radius 1 is 0.337 bits per heavy atom. The van der Waals surface area contributed by atoms with Crippen molar-refractivity contribution in [3.63, 3.8) is 0 Å². The summed E-state index contributed by atoms with van der Waals surface area (Å²) in [5, 5.41) is 0. The fraction of sp³-hybridized carbons (Fsp3) is 0.659. The molecule has 0 saturated carbocycles. The predicted octanol–water partition coefficient (Wildman–Crippen LogP) is 24.7. The SMILES string of the molecule is CC/C=C\C/C=C\C/C=C\C/C=C\C/C=C\C/C=C\C/C=C\CCCCCCCCCC(=O)OC(COC(=O)CCCCCCCCCCCCCCCCCCCCCC/C=C\C/C=C\C/C=C\C/C=C\C/C=C\C/C=C\CC)COP(=O)(O)OCC[N+](C)(C)C. The lowest BCUT2D eigenvalue weighted by Gasteiger charge is -2.24. The van der Waals surface area contributed by atoms with Gasteiger partial charge in [0.15, 0.2) is 6.10 Å². The van der Waals surface area contributed by atoms with Crippen LogP contribution in [0.25, 0.3) is 0 Å². The molecule has 1 N–H and O–H groups in total. The van der Waals surface area contributed by atoms with E-state index in [0.717, 1.165) is 128 Å². The van der Waals surface area contributed by atoms with Crippen molar-refractivity contribution in [3.8, 4) is 0 Å². The minimum Gasteiger partial charge on any atom is -0.462 e. The Balaban J connectivity index is 4.03. The van der Waals surface area contributed by atoms with Gasteiger partial charge in [0.25, 0.3) is 0 Å². The molecule has 0 aromatic heterocycles. The van der Waals surface area contributed by atoms with Crippen molar-refractivity contribution in [2.45, 2.75) is 302 Å². The summed E-state index contributed by atoms with van der Waals surface area (Å²) in [7, 11) is 1.46. The number of phosphoric acid groups is 1. The number of carbonyl (C=O) groups is 2. The van der Waals surface area contributed by atoms with Gasteiger partial charge in [0.05, 0.1) is 27.7 Å². The van der Waals surface area contributed by atoms with Crippen molar-refractivity contribution < 1.29 is 42.1 Å². The number of rotatable bonds is 67. The number of hydrogen-bond acceptors (Lipinski definition) is 7. The molecule has 0 aliphatic rings. The van der Waals surface area contributed by atoms with Gasteiger partial charge in [0.1, 0.15) is 19.8 Å². The maximum Gasteiger partial charge on any atom is 0.472 e. The molecule has 9 nitrogen and oxygen atoms in total. The summed E-state index contributed by atoms with van der Waals surface area (Å²) >= 11 is 0. The van der Waals surface area contributed by atoms with E-state index in [2.05, 4.69) is 172 Å². The number of carbonyl (C=O) groups excluding carboxylic acids is 2. The maximum absolute atomic E-state index is 12.9. The van der Waals surface area contributed by atoms with Crippen LogP contribution in [-0.2, 0) is 32.7 Å². The second-order valence-corrected chi connectivity index (χ2v) is 27.0. The molecule has 0 spiro atoms. The highest BCUT2D eigenvalue weighted by Gasteiger charge is 2.27. The van der Waals surface area contributed by atoms with E-state index in [9.17, 15) is 19.0 Å². The second-order valence-electron chi connectivity index (χ2n) is 25.6. The van der Waals surface area contributed by atoms with Crippen LogP contribution in [0.3, 0.4) is 0 Å². The zero-order valence-electron chi connectivity index (χ0n) is 59.7. The first-order chi connectivity index (χ1) is 45.0. The Labute approximate surface area is 566 Å². The van der Waals surface area contributed by atoms with Crippen LogP contribution < -0.4 is 0 Å². The van der Waals surface area contributed by atoms with E-state index in [1.807, 2.05) is 21.1 Å². The van der Waals surface area contributed by atoms with Crippen LogP contribution in [0.5, 0.6) is 0 Å². The van der Waals surface area contributed by atoms with Crippen LogP contribution in [-0.4, -0.2) is 74.9 Å². The van der Waals surface area contributed by atoms with Crippen LogP contribution in [0.15, 0.2) is 158 Å². The summed E-state index contributed by atoms with van der Waals surface area (Å²) in [6.07, 6.45) is 106. The minimum atomic E-state index is -4.41. The molecule has 0 bridgehead atoms. The van der Waals surface area contributed by atoms with E-state index in [1.165, 1.54) is 135 Å². The van der Waals surface area contributed by atoms with Crippen molar-refractivity contribution in [1.29, 1.82) is 0 Å². The zero-order chi connectivity index (χ0) is 66.9. The summed E-state index contributed by atoms with van der Waals surface area (Å²) in [4.78, 5) is 35.9. The molecular formula is C82H139NO8P+. The smallest absolute Gasteiger partial charge is 0.462 e. The minimum absolute atomic E-state index is 0.0231. The Bertz CT molecular complexity index is 2110. The summed E-state index contributed by atoms with van der Waals surface area (Å²) in [5.74, 6) is -0.810. The van der Waals surface area contributed by atoms with E-state index in [-0.39, 0.29) is 32.0 Å². The van der Waals surface area contributed by atoms with Gasteiger partial charge in [-0.15, -0.1) is 0 Å². The monoisotopic (exact) mass is 1300 g/mol. The van der Waals surface area contributed by atoms with Gasteiger partial charge in [-0.05, 0) is 122 Å². The predicted molar refractivity (Wildman–Crippen MR) is 399 cm³/mol. The highest BCUT2D eigenvalue weighted by molar-refractivity contribution is 7.47. The zero-order valence-corrected chi connectivity index (χ0v) is 60.6. The Morgan fingerprint density at radius 3 is 0.870 bits per heavy atom. The molecule has 10 heteroatoms. The van der Waals surface area contributed by atoms with Crippen molar-refractivity contribution in [2.24, 2.45) is 0 Å². The number of hydrogen-bond donors (Lipinski definition) is 1. The number of esters is 2. The van der Waals surface area contributed by atoms with Crippen LogP contribution in [0.4, 0.5) is 0 Å². The molecule has 524 valence electrons. The van der Waals surface area contributed by atoms with Gasteiger partial charge >= 0.3 is 19.8 Å². The fourth-order valence-electron chi connectivity index (χ4n) is 9.94. The van der Waals surface area contributed by atoms with Gasteiger partial charge in [-0.25, -0.2) is 4.57 Å². The average Bonchev–Trinajstić information content (AvgIpc) is 2.14. The maximum atomic E-state index is 12.9. The van der Waals surface area contributed by atoms with Gasteiger partial charge in [-0.3, -0.25) is 18.6 Å². The van der Waals surface area contributed by atoms with Gasteiger partial charge in [-0.2, -0.15) is 0 Å². The quantitative estimate of drug-likeness (QED) is 0.0211. The molecule has 0 fully saturated rings. The number of unbranched alkanes of at least 4 members (excludes halogenated alkanes) is 27. The van der Waals surface area contributed by atoms with Crippen LogP contribution in [0, 0.1) is 0 Å². The first-order valence-electron chi connectivity index (χ1n) is 37.2. The largest absolute Gasteiger partial charge is 0.472 e. The first-order valence-corrected chi connectivity index (χ1v) is 38.7. The summed E-state index contributed by atoms with van der Waals surface area (Å²) in [5.41, 5.74) is 0. The third-order valence-corrected chi connectivity index (χ3v) is 16.5. The van der Waals surface area contributed by atoms with Gasteiger partial charge in [-0.1, -0.05) is 320 Å². The average molecular weight is 1300 g/mol. The summed E-state index contributed by atoms with van der Waals surface area (Å²) < 4.78 is 34.7. The molecule has 0 saturated heterocycles. The normalized spacial score (nSPS) is 14.0. The number of quaternary nitrogens is 1. The lowest BCUT2D eigenvalue weighted by molar-refractivity contribution is -0.870. The van der Waals surface area contributed by atoms with E-state index in [0.29, 0.717) is 17.4 Å². The highest BCUT2D eigenvalue weighted by atomic mass is 31.2. The van der Waals surface area contributed by atoms with E-state index in [4.69, 9.17) is 18.5 Å². The first kappa shape index (κ1) is 87.6. The molecule has 0 amide bonds. The summed E-state index contributed by atoms with van der Waals surface area (Å²) in [6, 6.07) is 0. The van der Waals surface area contributed by atoms with Gasteiger partial charge in [0.2, 0.25) is 0 Å². The van der Waals surface area contributed by atoms with Crippen molar-refractivity contribution >= 4 is 19.8 Å². The Kier molecular flexibility index (Phi) is 67.6. The third-order valence-electron chi connectivity index (χ3n) is 15.6. The molecular weight excluding hydrogens is 1160 g/mol. The number of likely N-dealkylation sites (N-methyl/N-ethyl adjacent to an activating group) is 1. The van der Waals surface area contributed by atoms with Crippen LogP contribution >= 0.6 is 7.82 Å².